The Balaban J connectivity index is 1.96. The predicted molar refractivity (Wildman–Crippen MR) is 86.1 cm³/mol. The number of hydrogen-bond donors (Lipinski definition) is 2. The molecule has 1 atom stereocenters. The van der Waals surface area contributed by atoms with Crippen LogP contribution in [0.1, 0.15) is 22.8 Å². The van der Waals surface area contributed by atoms with E-state index in [9.17, 15) is 9.90 Å². The Hall–Kier alpha value is -1.49. The molecule has 108 valence electrons. The lowest BCUT2D eigenvalue weighted by Crippen LogP contribution is -2.03. The van der Waals surface area contributed by atoms with Gasteiger partial charge in [-0.3, -0.25) is 4.79 Å². The highest BCUT2D eigenvalue weighted by Gasteiger charge is 2.22. The number of rotatable bonds is 3. The number of anilines is 1. The zero-order valence-corrected chi connectivity index (χ0v) is 13.0. The topological polar surface area (TPSA) is 49.3 Å². The number of carbonyl (C=O) groups is 1. The van der Waals surface area contributed by atoms with Crippen molar-refractivity contribution in [2.24, 2.45) is 0 Å². The average Bonchev–Trinajstić information content (AvgIpc) is 2.85. The van der Waals surface area contributed by atoms with Crippen LogP contribution in [0.2, 0.25) is 5.02 Å². The lowest BCUT2D eigenvalue weighted by Gasteiger charge is -2.15. The van der Waals surface area contributed by atoms with Crippen LogP contribution in [0.25, 0.3) is 0 Å². The van der Waals surface area contributed by atoms with Crippen LogP contribution in [0.5, 0.6) is 0 Å². The third-order valence-electron chi connectivity index (χ3n) is 3.57. The van der Waals surface area contributed by atoms with Gasteiger partial charge in [0.15, 0.2) is 0 Å². The quantitative estimate of drug-likeness (QED) is 0.849. The molecule has 0 saturated carbocycles. The monoisotopic (exact) mass is 319 g/mol. The Kier molecular flexibility index (Phi) is 3.93. The molecule has 2 aromatic rings. The summed E-state index contributed by atoms with van der Waals surface area (Å²) in [5.74, 6) is -0.0444. The summed E-state index contributed by atoms with van der Waals surface area (Å²) < 4.78 is 0. The van der Waals surface area contributed by atoms with E-state index >= 15 is 0 Å². The highest BCUT2D eigenvalue weighted by atomic mass is 35.5. The molecule has 3 nitrogen and oxygen atoms in total. The number of amides is 1. The summed E-state index contributed by atoms with van der Waals surface area (Å²) >= 11 is 7.89. The van der Waals surface area contributed by atoms with E-state index < -0.39 is 6.10 Å². The maximum atomic E-state index is 11.4. The van der Waals surface area contributed by atoms with Gasteiger partial charge < -0.3 is 10.4 Å². The number of thioether (sulfide) groups is 1. The molecule has 0 saturated heterocycles. The number of halogens is 1. The normalized spacial score (nSPS) is 14.7. The van der Waals surface area contributed by atoms with Crippen molar-refractivity contribution in [1.82, 2.24) is 0 Å². The van der Waals surface area contributed by atoms with Crippen molar-refractivity contribution >= 4 is 35.0 Å². The SMILES string of the molecule is CSc1ccc(C(O)c2cc3c(cc2Cl)NC(=O)C3)cc1. The van der Waals surface area contributed by atoms with Gasteiger partial charge in [-0.25, -0.2) is 0 Å². The summed E-state index contributed by atoms with van der Waals surface area (Å²) in [6, 6.07) is 11.2. The first-order valence-corrected chi connectivity index (χ1v) is 8.13. The molecular formula is C16H14ClNO2S. The number of hydrogen-bond acceptors (Lipinski definition) is 3. The lowest BCUT2D eigenvalue weighted by molar-refractivity contribution is -0.115. The molecule has 1 amide bonds. The van der Waals surface area contributed by atoms with E-state index in [0.29, 0.717) is 17.0 Å². The second-order valence-electron chi connectivity index (χ2n) is 4.93. The Labute approximate surface area is 132 Å². The Morgan fingerprint density at radius 1 is 1.29 bits per heavy atom. The van der Waals surface area contributed by atoms with Gasteiger partial charge >= 0.3 is 0 Å². The van der Waals surface area contributed by atoms with Gasteiger partial charge in [0.05, 0.1) is 6.42 Å². The molecule has 0 radical (unpaired) electrons. The van der Waals surface area contributed by atoms with E-state index in [2.05, 4.69) is 5.32 Å². The van der Waals surface area contributed by atoms with Crippen molar-refractivity contribution in [3.05, 3.63) is 58.1 Å². The van der Waals surface area contributed by atoms with Crippen LogP contribution in [-0.2, 0) is 11.2 Å². The van der Waals surface area contributed by atoms with Crippen molar-refractivity contribution in [2.45, 2.75) is 17.4 Å². The van der Waals surface area contributed by atoms with Gasteiger partial charge in [0.2, 0.25) is 5.91 Å². The minimum atomic E-state index is -0.797. The molecular weight excluding hydrogens is 306 g/mol. The van der Waals surface area contributed by atoms with Crippen LogP contribution in [-0.4, -0.2) is 17.3 Å². The Bertz CT molecular complexity index is 700. The molecule has 2 N–H and O–H groups in total. The number of carbonyl (C=O) groups excluding carboxylic acids is 1. The molecule has 5 heteroatoms. The number of aliphatic hydroxyl groups excluding tert-OH is 1. The zero-order valence-electron chi connectivity index (χ0n) is 11.4. The number of benzene rings is 2. The van der Waals surface area contributed by atoms with Crippen molar-refractivity contribution in [3.8, 4) is 0 Å². The van der Waals surface area contributed by atoms with Gasteiger partial charge in [0.1, 0.15) is 6.10 Å². The van der Waals surface area contributed by atoms with Gasteiger partial charge in [-0.05, 0) is 41.6 Å². The van der Waals surface area contributed by atoms with Gasteiger partial charge in [-0.1, -0.05) is 23.7 Å². The molecule has 0 spiro atoms. The highest BCUT2D eigenvalue weighted by Crippen LogP contribution is 2.35. The largest absolute Gasteiger partial charge is 0.384 e. The molecule has 0 fully saturated rings. The number of aliphatic hydroxyl groups is 1. The average molecular weight is 320 g/mol. The molecule has 21 heavy (non-hydrogen) atoms. The van der Waals surface area contributed by atoms with E-state index in [-0.39, 0.29) is 5.91 Å². The van der Waals surface area contributed by atoms with Crippen LogP contribution in [0.4, 0.5) is 5.69 Å². The summed E-state index contributed by atoms with van der Waals surface area (Å²) in [5, 5.41) is 13.7. The first kappa shape index (κ1) is 14.4. The van der Waals surface area contributed by atoms with Crippen molar-refractivity contribution in [1.29, 1.82) is 0 Å². The number of nitrogens with one attached hydrogen (secondary N) is 1. The first-order chi connectivity index (χ1) is 10.1. The second kappa shape index (κ2) is 5.72. The summed E-state index contributed by atoms with van der Waals surface area (Å²) in [7, 11) is 0. The first-order valence-electron chi connectivity index (χ1n) is 6.52. The lowest BCUT2D eigenvalue weighted by atomic mass is 9.98. The van der Waals surface area contributed by atoms with E-state index in [4.69, 9.17) is 11.6 Å². The zero-order chi connectivity index (χ0) is 15.0. The second-order valence-corrected chi connectivity index (χ2v) is 6.22. The summed E-state index contributed by atoms with van der Waals surface area (Å²) in [6.45, 7) is 0. The van der Waals surface area contributed by atoms with Crippen LogP contribution >= 0.6 is 23.4 Å². The van der Waals surface area contributed by atoms with E-state index in [1.807, 2.05) is 36.6 Å². The molecule has 1 unspecified atom stereocenters. The third-order valence-corrected chi connectivity index (χ3v) is 4.64. The minimum Gasteiger partial charge on any atom is -0.384 e. The van der Waals surface area contributed by atoms with Crippen LogP contribution in [0.3, 0.4) is 0 Å². The van der Waals surface area contributed by atoms with Gasteiger partial charge in [0, 0.05) is 21.2 Å². The fraction of sp³-hybridized carbons (Fsp3) is 0.188. The van der Waals surface area contributed by atoms with Gasteiger partial charge in [-0.15, -0.1) is 11.8 Å². The Morgan fingerprint density at radius 3 is 2.67 bits per heavy atom. The number of fused-ring (bicyclic) bond motifs is 1. The van der Waals surface area contributed by atoms with Crippen LogP contribution in [0, 0.1) is 0 Å². The van der Waals surface area contributed by atoms with Gasteiger partial charge in [-0.2, -0.15) is 0 Å². The molecule has 1 aliphatic rings. The summed E-state index contributed by atoms with van der Waals surface area (Å²) in [5.41, 5.74) is 3.02. The van der Waals surface area contributed by atoms with E-state index in [1.165, 1.54) is 0 Å². The van der Waals surface area contributed by atoms with Crippen LogP contribution in [0.15, 0.2) is 41.3 Å². The highest BCUT2D eigenvalue weighted by molar-refractivity contribution is 7.98. The molecule has 0 aliphatic carbocycles. The molecule has 2 aromatic carbocycles. The van der Waals surface area contributed by atoms with Crippen molar-refractivity contribution < 1.29 is 9.90 Å². The molecule has 3 rings (SSSR count). The minimum absolute atomic E-state index is 0.0444. The maximum absolute atomic E-state index is 11.4. The maximum Gasteiger partial charge on any atom is 0.228 e. The Morgan fingerprint density at radius 2 is 2.00 bits per heavy atom. The van der Waals surface area contributed by atoms with E-state index in [0.717, 1.165) is 21.7 Å². The van der Waals surface area contributed by atoms with Crippen LogP contribution < -0.4 is 5.32 Å². The molecule has 1 aliphatic heterocycles. The fourth-order valence-electron chi connectivity index (χ4n) is 2.44. The molecule has 0 aromatic heterocycles. The fourth-order valence-corrected chi connectivity index (χ4v) is 3.12. The summed E-state index contributed by atoms with van der Waals surface area (Å²) in [6.07, 6.45) is 1.54. The standard InChI is InChI=1S/C16H14ClNO2S/c1-21-11-4-2-9(3-5-11)16(20)12-6-10-7-15(19)18-14(10)8-13(12)17/h2-6,8,16,20H,7H2,1H3,(H,18,19). The molecule has 1 heterocycles. The molecule has 0 bridgehead atoms. The van der Waals surface area contributed by atoms with Crippen molar-refractivity contribution in [3.63, 3.8) is 0 Å². The smallest absolute Gasteiger partial charge is 0.228 e. The predicted octanol–water partition coefficient (Wildman–Crippen LogP) is 3.64. The van der Waals surface area contributed by atoms with Crippen molar-refractivity contribution in [2.75, 3.05) is 11.6 Å². The summed E-state index contributed by atoms with van der Waals surface area (Å²) in [4.78, 5) is 12.6. The van der Waals surface area contributed by atoms with Gasteiger partial charge in [0.25, 0.3) is 0 Å². The van der Waals surface area contributed by atoms with E-state index in [1.54, 1.807) is 17.8 Å². The third kappa shape index (κ3) is 2.79.